The lowest BCUT2D eigenvalue weighted by Gasteiger charge is -2.33. The maximum atomic E-state index is 13.5. The molecule has 0 aromatic carbocycles. The number of carbonyl (C=O) groups excluding carboxylic acids is 2. The maximum Gasteiger partial charge on any atom is 0.222 e. The van der Waals surface area contributed by atoms with Crippen LogP contribution in [0.4, 0.5) is 0 Å². The molecule has 410 valence electrons. The first-order valence-electron chi connectivity index (χ1n) is 31.9. The first kappa shape index (κ1) is 65.9. The van der Waals surface area contributed by atoms with Crippen molar-refractivity contribution in [3.63, 3.8) is 0 Å². The summed E-state index contributed by atoms with van der Waals surface area (Å²) < 4.78 is 0. The molecule has 0 saturated heterocycles. The zero-order chi connectivity index (χ0) is 49.9. The predicted octanol–water partition coefficient (Wildman–Crippen LogP) is 18.7. The van der Waals surface area contributed by atoms with E-state index in [4.69, 9.17) is 0 Å². The minimum Gasteiger partial charge on any atom is -0.393 e. The highest BCUT2D eigenvalue weighted by molar-refractivity contribution is 5.76. The number of hydrogen-bond donors (Lipinski definition) is 1. The summed E-state index contributed by atoms with van der Waals surface area (Å²) in [4.78, 5) is 34.2. The largest absolute Gasteiger partial charge is 0.393 e. The summed E-state index contributed by atoms with van der Waals surface area (Å²) in [5.74, 6) is 1.25. The van der Waals surface area contributed by atoms with Crippen LogP contribution in [0.2, 0.25) is 0 Å². The van der Waals surface area contributed by atoms with Gasteiger partial charge >= 0.3 is 0 Å². The normalized spacial score (nSPS) is 15.1. The maximum absolute atomic E-state index is 13.5. The van der Waals surface area contributed by atoms with Crippen LogP contribution >= 0.6 is 0 Å². The van der Waals surface area contributed by atoms with Crippen molar-refractivity contribution >= 4 is 11.8 Å². The van der Waals surface area contributed by atoms with E-state index in [2.05, 4.69) is 42.4 Å². The van der Waals surface area contributed by atoms with Gasteiger partial charge in [-0.1, -0.05) is 259 Å². The first-order chi connectivity index (χ1) is 34.0. The highest BCUT2D eigenvalue weighted by atomic mass is 16.3. The van der Waals surface area contributed by atoms with Gasteiger partial charge in [0.05, 0.1) is 6.10 Å². The summed E-state index contributed by atoms with van der Waals surface area (Å²) in [5, 5.41) is 10.9. The molecule has 1 fully saturated rings. The summed E-state index contributed by atoms with van der Waals surface area (Å²) >= 11 is 0. The molecule has 2 amide bonds. The molecule has 0 aromatic heterocycles. The predicted molar refractivity (Wildman–Crippen MR) is 303 cm³/mol. The molecule has 1 saturated carbocycles. The van der Waals surface area contributed by atoms with E-state index in [9.17, 15) is 14.7 Å². The van der Waals surface area contributed by atoms with E-state index in [-0.39, 0.29) is 6.10 Å². The van der Waals surface area contributed by atoms with Gasteiger partial charge in [-0.15, -0.1) is 0 Å². The molecule has 0 unspecified atom stereocenters. The standard InChI is InChI=1S/C63H125N3O3/c1-5-9-13-17-21-25-35-45-55-65(56-46-36-26-22-18-14-10-6-2)62(68)51-39-31-29-33-43-53-64(59-60-49-41-42-50-61(60)67)54-44-34-30-32-40-52-63(69)66(57-47-37-27-23-19-15-11-7-3)58-48-38-28-24-20-16-12-8-4/h60-61,67H,5-59H2,1-4H3/t60-,61+/m1/s1. The Balaban J connectivity index is 2.47. The van der Waals surface area contributed by atoms with E-state index in [0.29, 0.717) is 17.7 Å². The average Bonchev–Trinajstić information content (AvgIpc) is 3.35. The number of aliphatic hydroxyl groups excluding tert-OH is 1. The van der Waals surface area contributed by atoms with E-state index < -0.39 is 0 Å². The molecular formula is C63H125N3O3. The molecule has 0 heterocycles. The van der Waals surface area contributed by atoms with Crippen LogP contribution in [0.25, 0.3) is 0 Å². The highest BCUT2D eigenvalue weighted by Gasteiger charge is 2.25. The molecule has 0 bridgehead atoms. The Bertz CT molecular complexity index is 960. The number of amides is 2. The second-order valence-corrected chi connectivity index (χ2v) is 22.6. The molecule has 0 spiro atoms. The number of rotatable bonds is 54. The zero-order valence-corrected chi connectivity index (χ0v) is 47.7. The van der Waals surface area contributed by atoms with Crippen LogP contribution in [0.1, 0.15) is 336 Å². The van der Waals surface area contributed by atoms with Crippen LogP contribution in [-0.2, 0) is 9.59 Å². The van der Waals surface area contributed by atoms with Gasteiger partial charge in [-0.05, 0) is 83.2 Å². The monoisotopic (exact) mass is 972 g/mol. The van der Waals surface area contributed by atoms with E-state index in [1.807, 2.05) is 0 Å². The molecule has 69 heavy (non-hydrogen) atoms. The summed E-state index contributed by atoms with van der Waals surface area (Å²) in [6, 6.07) is 0. The van der Waals surface area contributed by atoms with Gasteiger partial charge in [0.25, 0.3) is 0 Å². The van der Waals surface area contributed by atoms with Gasteiger partial charge in [-0.2, -0.15) is 0 Å². The van der Waals surface area contributed by atoms with Gasteiger partial charge in [0.15, 0.2) is 0 Å². The minimum atomic E-state index is -0.132. The zero-order valence-electron chi connectivity index (χ0n) is 47.7. The Morgan fingerprint density at radius 1 is 0.333 bits per heavy atom. The van der Waals surface area contributed by atoms with Crippen LogP contribution in [0.5, 0.6) is 0 Å². The lowest BCUT2D eigenvalue weighted by molar-refractivity contribution is -0.132. The molecule has 2 atom stereocenters. The van der Waals surface area contributed by atoms with E-state index >= 15 is 0 Å². The molecule has 0 aliphatic heterocycles. The topological polar surface area (TPSA) is 64.1 Å². The summed E-state index contributed by atoms with van der Waals surface area (Å²) in [6.45, 7) is 16.3. The molecule has 1 aliphatic rings. The Morgan fingerprint density at radius 2 is 0.580 bits per heavy atom. The third kappa shape index (κ3) is 42.0. The van der Waals surface area contributed by atoms with Gasteiger partial charge in [0, 0.05) is 45.6 Å². The average molecular weight is 973 g/mol. The second kappa shape index (κ2) is 51.7. The van der Waals surface area contributed by atoms with E-state index in [1.54, 1.807) is 0 Å². The second-order valence-electron chi connectivity index (χ2n) is 22.6. The summed E-state index contributed by atoms with van der Waals surface area (Å²) in [5.41, 5.74) is 0. The van der Waals surface area contributed by atoms with Crippen molar-refractivity contribution in [3.05, 3.63) is 0 Å². The fourth-order valence-corrected chi connectivity index (χ4v) is 11.1. The van der Waals surface area contributed by atoms with Gasteiger partial charge in [0.1, 0.15) is 0 Å². The number of hydrogen-bond acceptors (Lipinski definition) is 4. The van der Waals surface area contributed by atoms with Gasteiger partial charge < -0.3 is 19.8 Å². The minimum absolute atomic E-state index is 0.132. The lowest BCUT2D eigenvalue weighted by atomic mass is 9.86. The van der Waals surface area contributed by atoms with Gasteiger partial charge in [-0.3, -0.25) is 9.59 Å². The molecule has 1 rings (SSSR count). The SMILES string of the molecule is CCCCCCCCCCN(CCCCCCCCCC)C(=O)CCCCCCCN(CCCCCCCC(=O)N(CCCCCCCCCC)CCCCCCCCCC)C[C@H]1CCCC[C@@H]1O. The molecule has 6 nitrogen and oxygen atoms in total. The number of carbonyl (C=O) groups is 2. The van der Waals surface area contributed by atoms with Crippen molar-refractivity contribution in [2.45, 2.75) is 342 Å². The van der Waals surface area contributed by atoms with Crippen LogP contribution in [0.3, 0.4) is 0 Å². The molecule has 0 aromatic rings. The fourth-order valence-electron chi connectivity index (χ4n) is 11.1. The third-order valence-electron chi connectivity index (χ3n) is 15.9. The Labute approximate surface area is 433 Å². The quantitative estimate of drug-likeness (QED) is 0.0617. The van der Waals surface area contributed by atoms with Crippen LogP contribution in [-0.4, -0.2) is 83.5 Å². The molecule has 0 radical (unpaired) electrons. The Hall–Kier alpha value is -1.14. The van der Waals surface area contributed by atoms with Crippen molar-refractivity contribution in [2.75, 3.05) is 45.8 Å². The van der Waals surface area contributed by atoms with Crippen molar-refractivity contribution in [3.8, 4) is 0 Å². The van der Waals surface area contributed by atoms with E-state index in [0.717, 1.165) is 90.8 Å². The Kier molecular flexibility index (Phi) is 49.4. The van der Waals surface area contributed by atoms with Crippen molar-refractivity contribution in [1.82, 2.24) is 14.7 Å². The third-order valence-corrected chi connectivity index (χ3v) is 15.9. The van der Waals surface area contributed by atoms with Crippen molar-refractivity contribution in [2.24, 2.45) is 5.92 Å². The number of aliphatic hydroxyl groups is 1. The first-order valence-corrected chi connectivity index (χ1v) is 31.9. The van der Waals surface area contributed by atoms with Crippen LogP contribution < -0.4 is 0 Å². The number of unbranched alkanes of at least 4 members (excludes halogenated alkanes) is 36. The van der Waals surface area contributed by atoms with Gasteiger partial charge in [0.2, 0.25) is 11.8 Å². The molecule has 6 heteroatoms. The van der Waals surface area contributed by atoms with Crippen LogP contribution in [0.15, 0.2) is 0 Å². The van der Waals surface area contributed by atoms with Crippen LogP contribution in [0, 0.1) is 5.92 Å². The molecule has 1 aliphatic carbocycles. The van der Waals surface area contributed by atoms with E-state index in [1.165, 1.54) is 263 Å². The molecule has 1 N–H and O–H groups in total. The van der Waals surface area contributed by atoms with Crippen molar-refractivity contribution in [1.29, 1.82) is 0 Å². The summed E-state index contributed by atoms with van der Waals surface area (Å²) in [7, 11) is 0. The van der Waals surface area contributed by atoms with Crippen molar-refractivity contribution < 1.29 is 14.7 Å². The lowest BCUT2D eigenvalue weighted by Crippen LogP contribution is -2.38. The summed E-state index contributed by atoms with van der Waals surface area (Å²) in [6.07, 6.45) is 59.9. The highest BCUT2D eigenvalue weighted by Crippen LogP contribution is 2.26. The van der Waals surface area contributed by atoms with Gasteiger partial charge in [-0.25, -0.2) is 0 Å². The molecular weight excluding hydrogens is 847 g/mol. The number of nitrogens with zero attached hydrogens (tertiary/aromatic N) is 3. The fraction of sp³-hybridized carbons (Fsp3) is 0.968. The smallest absolute Gasteiger partial charge is 0.222 e. The Morgan fingerprint density at radius 3 is 0.870 bits per heavy atom.